The van der Waals surface area contributed by atoms with Crippen molar-refractivity contribution in [1.82, 2.24) is 14.8 Å². The van der Waals surface area contributed by atoms with E-state index in [0.29, 0.717) is 32.5 Å². The standard InChI is InChI=1S/C29H24Cl2N4O2S2/c1-21-10-16-27(17-11-21)39(36,37)34(26-9-5-6-24(31)18-26)19-28-32-33-29(35(28)25-7-3-2-4-8-25)38-20-22-12-14-23(30)15-13-22/h2-18H,19-20H2,1H3. The van der Waals surface area contributed by atoms with Crippen molar-refractivity contribution in [2.24, 2.45) is 0 Å². The Morgan fingerprint density at radius 2 is 1.54 bits per heavy atom. The van der Waals surface area contributed by atoms with Gasteiger partial charge in [-0.1, -0.05) is 89.1 Å². The lowest BCUT2D eigenvalue weighted by atomic mass is 10.2. The van der Waals surface area contributed by atoms with Gasteiger partial charge in [0.1, 0.15) is 0 Å². The first kappa shape index (κ1) is 27.3. The maximum Gasteiger partial charge on any atom is 0.264 e. The van der Waals surface area contributed by atoms with Crippen LogP contribution < -0.4 is 4.31 Å². The summed E-state index contributed by atoms with van der Waals surface area (Å²) in [6, 6.07) is 30.8. The molecule has 5 rings (SSSR count). The predicted molar refractivity (Wildman–Crippen MR) is 158 cm³/mol. The molecule has 4 aromatic carbocycles. The van der Waals surface area contributed by atoms with Crippen LogP contribution in [0.25, 0.3) is 5.69 Å². The van der Waals surface area contributed by atoms with Gasteiger partial charge in [-0.3, -0.25) is 8.87 Å². The molecule has 5 aromatic rings. The lowest BCUT2D eigenvalue weighted by molar-refractivity contribution is 0.588. The number of nitrogens with zero attached hydrogens (tertiary/aromatic N) is 4. The number of rotatable bonds is 9. The van der Waals surface area contributed by atoms with E-state index in [2.05, 4.69) is 10.2 Å². The van der Waals surface area contributed by atoms with E-state index in [1.807, 2.05) is 66.1 Å². The van der Waals surface area contributed by atoms with Crippen LogP contribution >= 0.6 is 35.0 Å². The summed E-state index contributed by atoms with van der Waals surface area (Å²) in [5.41, 5.74) is 3.31. The number of hydrogen-bond acceptors (Lipinski definition) is 5. The van der Waals surface area contributed by atoms with E-state index in [4.69, 9.17) is 23.2 Å². The van der Waals surface area contributed by atoms with E-state index >= 15 is 0 Å². The normalized spacial score (nSPS) is 11.5. The number of thioether (sulfide) groups is 1. The summed E-state index contributed by atoms with van der Waals surface area (Å²) in [4.78, 5) is 0.177. The third-order valence-electron chi connectivity index (χ3n) is 5.99. The van der Waals surface area contributed by atoms with Crippen LogP contribution in [0, 0.1) is 6.92 Å². The van der Waals surface area contributed by atoms with Gasteiger partial charge in [0.05, 0.1) is 17.1 Å². The maximum atomic E-state index is 14.0. The summed E-state index contributed by atoms with van der Waals surface area (Å²) in [6.07, 6.45) is 0. The fourth-order valence-electron chi connectivity index (χ4n) is 3.97. The quantitative estimate of drug-likeness (QED) is 0.165. The molecule has 0 unspecified atom stereocenters. The highest BCUT2D eigenvalue weighted by atomic mass is 35.5. The van der Waals surface area contributed by atoms with Crippen LogP contribution in [0.15, 0.2) is 113 Å². The van der Waals surface area contributed by atoms with E-state index in [9.17, 15) is 8.42 Å². The molecule has 0 saturated carbocycles. The third-order valence-corrected chi connectivity index (χ3v) is 9.26. The minimum absolute atomic E-state index is 0.0556. The molecule has 0 aliphatic carbocycles. The second-order valence-corrected chi connectivity index (χ2v) is 12.5. The van der Waals surface area contributed by atoms with Crippen LogP contribution in [0.4, 0.5) is 5.69 Å². The van der Waals surface area contributed by atoms with Crippen molar-refractivity contribution in [3.05, 3.63) is 130 Å². The molecule has 1 heterocycles. The van der Waals surface area contributed by atoms with E-state index in [0.717, 1.165) is 16.8 Å². The predicted octanol–water partition coefficient (Wildman–Crippen LogP) is 7.57. The van der Waals surface area contributed by atoms with E-state index in [-0.39, 0.29) is 11.4 Å². The van der Waals surface area contributed by atoms with Crippen LogP contribution in [-0.2, 0) is 22.3 Å². The molecule has 0 N–H and O–H groups in total. The third kappa shape index (κ3) is 6.31. The highest BCUT2D eigenvalue weighted by molar-refractivity contribution is 7.98. The summed E-state index contributed by atoms with van der Waals surface area (Å²) in [6.45, 7) is 1.86. The molecule has 0 saturated heterocycles. The first-order valence-electron chi connectivity index (χ1n) is 12.0. The molecule has 0 aliphatic rings. The lowest BCUT2D eigenvalue weighted by Crippen LogP contribution is -2.31. The fourth-order valence-corrected chi connectivity index (χ4v) is 6.62. The maximum absolute atomic E-state index is 14.0. The van der Waals surface area contributed by atoms with Gasteiger partial charge in [0, 0.05) is 21.5 Å². The van der Waals surface area contributed by atoms with Crippen molar-refractivity contribution in [3.63, 3.8) is 0 Å². The van der Waals surface area contributed by atoms with Gasteiger partial charge in [-0.2, -0.15) is 0 Å². The molecular formula is C29H24Cl2N4O2S2. The van der Waals surface area contributed by atoms with Crippen molar-refractivity contribution in [2.75, 3.05) is 4.31 Å². The topological polar surface area (TPSA) is 68.1 Å². The minimum atomic E-state index is -3.96. The van der Waals surface area contributed by atoms with Crippen LogP contribution in [0.5, 0.6) is 0 Å². The summed E-state index contributed by atoms with van der Waals surface area (Å²) in [5, 5.41) is 10.7. The van der Waals surface area contributed by atoms with Crippen molar-refractivity contribution >= 4 is 50.7 Å². The van der Waals surface area contributed by atoms with Crippen molar-refractivity contribution in [1.29, 1.82) is 0 Å². The van der Waals surface area contributed by atoms with E-state index in [1.165, 1.54) is 16.1 Å². The Balaban J connectivity index is 1.56. The van der Waals surface area contributed by atoms with Gasteiger partial charge in [-0.25, -0.2) is 8.42 Å². The van der Waals surface area contributed by atoms with Gasteiger partial charge in [0.15, 0.2) is 11.0 Å². The minimum Gasteiger partial charge on any atom is -0.272 e. The Morgan fingerprint density at radius 1 is 0.821 bits per heavy atom. The first-order chi connectivity index (χ1) is 18.8. The molecule has 1 aromatic heterocycles. The van der Waals surface area contributed by atoms with Crippen molar-refractivity contribution in [2.45, 2.75) is 29.3 Å². The van der Waals surface area contributed by atoms with Crippen molar-refractivity contribution < 1.29 is 8.42 Å². The summed E-state index contributed by atoms with van der Waals surface area (Å²) >= 11 is 13.8. The SMILES string of the molecule is Cc1ccc(S(=O)(=O)N(Cc2nnc(SCc3ccc(Cl)cc3)n2-c2ccccc2)c2cccc(Cl)c2)cc1. The highest BCUT2D eigenvalue weighted by Crippen LogP contribution is 2.31. The zero-order valence-corrected chi connectivity index (χ0v) is 24.1. The molecule has 0 aliphatic heterocycles. The molecule has 0 fully saturated rings. The molecular weight excluding hydrogens is 571 g/mol. The number of benzene rings is 4. The van der Waals surface area contributed by atoms with Gasteiger partial charge >= 0.3 is 0 Å². The molecule has 0 radical (unpaired) electrons. The van der Waals surface area contributed by atoms with Crippen molar-refractivity contribution in [3.8, 4) is 5.69 Å². The second kappa shape index (κ2) is 11.8. The summed E-state index contributed by atoms with van der Waals surface area (Å²) < 4.78 is 31.1. The van der Waals surface area contributed by atoms with Crippen LogP contribution in [0.2, 0.25) is 10.0 Å². The van der Waals surface area contributed by atoms with Gasteiger partial charge < -0.3 is 0 Å². The zero-order chi connectivity index (χ0) is 27.4. The van der Waals surface area contributed by atoms with E-state index in [1.54, 1.807) is 48.5 Å². The number of aryl methyl sites for hydroxylation is 1. The number of aromatic nitrogens is 3. The lowest BCUT2D eigenvalue weighted by Gasteiger charge is -2.25. The number of halogens is 2. The van der Waals surface area contributed by atoms with Gasteiger partial charge in [-0.15, -0.1) is 10.2 Å². The van der Waals surface area contributed by atoms with Crippen LogP contribution in [0.3, 0.4) is 0 Å². The van der Waals surface area contributed by atoms with Gasteiger partial charge in [0.25, 0.3) is 10.0 Å². The average Bonchev–Trinajstić information content (AvgIpc) is 3.34. The summed E-state index contributed by atoms with van der Waals surface area (Å²) in [7, 11) is -3.96. The number of sulfonamides is 1. The zero-order valence-electron chi connectivity index (χ0n) is 20.9. The number of hydrogen-bond donors (Lipinski definition) is 0. The molecule has 10 heteroatoms. The Bertz CT molecular complexity index is 1680. The Morgan fingerprint density at radius 3 is 2.23 bits per heavy atom. The first-order valence-corrected chi connectivity index (χ1v) is 15.2. The molecule has 198 valence electrons. The smallest absolute Gasteiger partial charge is 0.264 e. The Labute approximate surface area is 242 Å². The van der Waals surface area contributed by atoms with Gasteiger partial charge in [-0.05, 0) is 67.1 Å². The molecule has 39 heavy (non-hydrogen) atoms. The largest absolute Gasteiger partial charge is 0.272 e. The van der Waals surface area contributed by atoms with Crippen LogP contribution in [-0.4, -0.2) is 23.2 Å². The number of anilines is 1. The number of para-hydroxylation sites is 1. The Kier molecular flexibility index (Phi) is 8.28. The molecule has 0 atom stereocenters. The van der Waals surface area contributed by atoms with Crippen LogP contribution in [0.1, 0.15) is 17.0 Å². The molecule has 6 nitrogen and oxygen atoms in total. The fraction of sp³-hybridized carbons (Fsp3) is 0.103. The Hall–Kier alpha value is -3.30. The van der Waals surface area contributed by atoms with E-state index < -0.39 is 10.0 Å². The molecule has 0 bridgehead atoms. The average molecular weight is 596 g/mol. The highest BCUT2D eigenvalue weighted by Gasteiger charge is 2.28. The monoisotopic (exact) mass is 594 g/mol. The molecule has 0 spiro atoms. The van der Waals surface area contributed by atoms with Gasteiger partial charge in [0.2, 0.25) is 0 Å². The second-order valence-electron chi connectivity index (χ2n) is 8.79. The molecule has 0 amide bonds. The summed E-state index contributed by atoms with van der Waals surface area (Å²) in [5.74, 6) is 1.11.